The van der Waals surface area contributed by atoms with Crippen molar-refractivity contribution >= 4 is 27.3 Å². The zero-order valence-corrected chi connectivity index (χ0v) is 15.4. The largest absolute Gasteiger partial charge is 0.276 e. The second-order valence-corrected chi connectivity index (χ2v) is 10.0. The second-order valence-electron chi connectivity index (χ2n) is 7.94. The number of nitrogens with zero attached hydrogens (tertiary/aromatic N) is 1. The molecule has 1 aromatic rings. The van der Waals surface area contributed by atoms with Gasteiger partial charge in [-0.15, -0.1) is 0 Å². The van der Waals surface area contributed by atoms with E-state index in [-0.39, 0.29) is 10.3 Å². The lowest BCUT2D eigenvalue weighted by atomic mass is 9.48. The van der Waals surface area contributed by atoms with E-state index in [9.17, 15) is 8.42 Å². The Kier molecular flexibility index (Phi) is 3.92. The fraction of sp³-hybridized carbons (Fsp3) is 0.611. The van der Waals surface area contributed by atoms with Crippen LogP contribution >= 0.6 is 11.6 Å². The van der Waals surface area contributed by atoms with Crippen molar-refractivity contribution in [3.05, 3.63) is 29.3 Å². The number of hydrazone groups is 1. The van der Waals surface area contributed by atoms with Crippen LogP contribution in [0.1, 0.15) is 45.4 Å². The maximum Gasteiger partial charge on any atom is 0.276 e. The topological polar surface area (TPSA) is 58.5 Å². The molecule has 0 radical (unpaired) electrons. The van der Waals surface area contributed by atoms with Gasteiger partial charge in [-0.2, -0.15) is 13.5 Å². The highest BCUT2D eigenvalue weighted by Gasteiger charge is 2.52. The van der Waals surface area contributed by atoms with Crippen LogP contribution in [0.5, 0.6) is 0 Å². The van der Waals surface area contributed by atoms with Crippen LogP contribution in [-0.4, -0.2) is 14.1 Å². The normalized spacial score (nSPS) is 35.2. The standard InChI is InChI=1S/C18H23ClN2O2S/c1-12(18-9-13-6-14(10-18)8-15(7-13)11-18)20-21-24(22,23)17-4-2-16(19)3-5-17/h2-5,13-15,21H,6-11H2,1H3. The van der Waals surface area contributed by atoms with Gasteiger partial charge in [-0.3, -0.25) is 0 Å². The molecule has 1 aromatic carbocycles. The van der Waals surface area contributed by atoms with E-state index in [1.165, 1.54) is 50.7 Å². The van der Waals surface area contributed by atoms with E-state index in [1.54, 1.807) is 12.1 Å². The van der Waals surface area contributed by atoms with E-state index in [4.69, 9.17) is 11.6 Å². The smallest absolute Gasteiger partial charge is 0.200 e. The average Bonchev–Trinajstić information content (AvgIpc) is 2.52. The number of hydrogen-bond acceptors (Lipinski definition) is 3. The first-order valence-electron chi connectivity index (χ1n) is 8.68. The minimum absolute atomic E-state index is 0.122. The molecule has 4 nitrogen and oxygen atoms in total. The van der Waals surface area contributed by atoms with E-state index in [0.717, 1.165) is 23.5 Å². The van der Waals surface area contributed by atoms with Crippen molar-refractivity contribution in [1.82, 2.24) is 4.83 Å². The first kappa shape index (κ1) is 16.4. The molecule has 24 heavy (non-hydrogen) atoms. The molecule has 0 aliphatic heterocycles. The van der Waals surface area contributed by atoms with Crippen LogP contribution in [0, 0.1) is 23.2 Å². The van der Waals surface area contributed by atoms with E-state index in [2.05, 4.69) is 9.93 Å². The van der Waals surface area contributed by atoms with E-state index >= 15 is 0 Å². The van der Waals surface area contributed by atoms with Gasteiger partial charge in [0.15, 0.2) is 0 Å². The van der Waals surface area contributed by atoms with Crippen molar-refractivity contribution in [2.45, 2.75) is 50.3 Å². The molecule has 0 atom stereocenters. The summed E-state index contributed by atoms with van der Waals surface area (Å²) in [6, 6.07) is 6.15. The number of nitrogens with one attached hydrogen (secondary N) is 1. The minimum atomic E-state index is -3.64. The van der Waals surface area contributed by atoms with Crippen LogP contribution in [0.2, 0.25) is 5.02 Å². The Morgan fingerprint density at radius 2 is 1.58 bits per heavy atom. The molecule has 4 aliphatic rings. The Morgan fingerprint density at radius 1 is 1.08 bits per heavy atom. The van der Waals surface area contributed by atoms with Crippen LogP contribution in [0.15, 0.2) is 34.3 Å². The Bertz CT molecular complexity index is 735. The lowest BCUT2D eigenvalue weighted by molar-refractivity contribution is -0.0127. The molecule has 0 amide bonds. The van der Waals surface area contributed by atoms with Crippen molar-refractivity contribution in [3.63, 3.8) is 0 Å². The van der Waals surface area contributed by atoms with Crippen LogP contribution < -0.4 is 4.83 Å². The molecule has 4 aliphatic carbocycles. The Labute approximate surface area is 148 Å². The third-order valence-electron chi connectivity index (χ3n) is 6.26. The van der Waals surface area contributed by atoms with Gasteiger partial charge in [0.2, 0.25) is 0 Å². The van der Waals surface area contributed by atoms with Crippen molar-refractivity contribution in [2.24, 2.45) is 28.3 Å². The zero-order valence-electron chi connectivity index (χ0n) is 13.8. The molecule has 5 rings (SSSR count). The molecular formula is C18H23ClN2O2S. The molecule has 4 fully saturated rings. The first-order chi connectivity index (χ1) is 11.4. The SMILES string of the molecule is CC(=NNS(=O)(=O)c1ccc(Cl)cc1)C12CC3CC(CC(C3)C1)C2. The van der Waals surface area contributed by atoms with Crippen molar-refractivity contribution < 1.29 is 8.42 Å². The fourth-order valence-electron chi connectivity index (χ4n) is 5.47. The molecular weight excluding hydrogens is 344 g/mol. The maximum absolute atomic E-state index is 12.4. The Morgan fingerprint density at radius 3 is 2.08 bits per heavy atom. The molecule has 0 aromatic heterocycles. The van der Waals surface area contributed by atoms with Gasteiger partial charge in [0, 0.05) is 16.1 Å². The highest BCUT2D eigenvalue weighted by molar-refractivity contribution is 7.89. The van der Waals surface area contributed by atoms with Crippen molar-refractivity contribution in [2.75, 3.05) is 0 Å². The first-order valence-corrected chi connectivity index (χ1v) is 10.5. The summed E-state index contributed by atoms with van der Waals surface area (Å²) in [5.74, 6) is 2.44. The fourth-order valence-corrected chi connectivity index (χ4v) is 6.45. The van der Waals surface area contributed by atoms with E-state index in [0.29, 0.717) is 5.02 Å². The summed E-state index contributed by atoms with van der Waals surface area (Å²) in [7, 11) is -3.64. The van der Waals surface area contributed by atoms with Gasteiger partial charge in [0.05, 0.1) is 4.90 Å². The number of halogens is 1. The summed E-state index contributed by atoms with van der Waals surface area (Å²) in [5, 5.41) is 4.85. The lowest BCUT2D eigenvalue weighted by Gasteiger charge is -2.56. The van der Waals surface area contributed by atoms with Crippen molar-refractivity contribution in [1.29, 1.82) is 0 Å². The molecule has 130 valence electrons. The Balaban J connectivity index is 1.54. The van der Waals surface area contributed by atoms with Crippen LogP contribution in [0.25, 0.3) is 0 Å². The highest BCUT2D eigenvalue weighted by Crippen LogP contribution is 2.60. The maximum atomic E-state index is 12.4. The molecule has 1 N–H and O–H groups in total. The number of rotatable bonds is 4. The van der Waals surface area contributed by atoms with Crippen LogP contribution in [0.4, 0.5) is 0 Å². The van der Waals surface area contributed by atoms with Gasteiger partial charge in [-0.25, -0.2) is 4.83 Å². The summed E-state index contributed by atoms with van der Waals surface area (Å²) in [4.78, 5) is 2.63. The molecule has 4 saturated carbocycles. The summed E-state index contributed by atoms with van der Waals surface area (Å²) >= 11 is 5.82. The molecule has 4 bridgehead atoms. The quantitative estimate of drug-likeness (QED) is 0.641. The van der Waals surface area contributed by atoms with Gasteiger partial charge in [0.1, 0.15) is 0 Å². The molecule has 0 heterocycles. The third kappa shape index (κ3) is 2.86. The molecule has 6 heteroatoms. The predicted molar refractivity (Wildman–Crippen MR) is 95.5 cm³/mol. The summed E-state index contributed by atoms with van der Waals surface area (Å²) in [5.41, 5.74) is 1.08. The van der Waals surface area contributed by atoms with Crippen LogP contribution in [0.3, 0.4) is 0 Å². The summed E-state index contributed by atoms with van der Waals surface area (Å²) in [6.07, 6.45) is 7.63. The van der Waals surface area contributed by atoms with Gasteiger partial charge in [0.25, 0.3) is 10.0 Å². The van der Waals surface area contributed by atoms with E-state index in [1.807, 2.05) is 6.92 Å². The van der Waals surface area contributed by atoms with Gasteiger partial charge < -0.3 is 0 Å². The average molecular weight is 367 g/mol. The molecule has 0 saturated heterocycles. The number of hydrogen-bond donors (Lipinski definition) is 1. The summed E-state index contributed by atoms with van der Waals surface area (Å²) in [6.45, 7) is 2.00. The lowest BCUT2D eigenvalue weighted by Crippen LogP contribution is -2.49. The van der Waals surface area contributed by atoms with Crippen LogP contribution in [-0.2, 0) is 10.0 Å². The third-order valence-corrected chi connectivity index (χ3v) is 7.74. The minimum Gasteiger partial charge on any atom is -0.200 e. The predicted octanol–water partition coefficient (Wildman–Crippen LogP) is 4.21. The van der Waals surface area contributed by atoms with Gasteiger partial charge >= 0.3 is 0 Å². The highest BCUT2D eigenvalue weighted by atomic mass is 35.5. The van der Waals surface area contributed by atoms with Gasteiger partial charge in [-0.1, -0.05) is 11.6 Å². The second kappa shape index (κ2) is 5.73. The molecule has 0 spiro atoms. The monoisotopic (exact) mass is 366 g/mol. The van der Waals surface area contributed by atoms with E-state index < -0.39 is 10.0 Å². The molecule has 0 unspecified atom stereocenters. The number of benzene rings is 1. The Hall–Kier alpha value is -1.07. The zero-order chi connectivity index (χ0) is 16.9. The van der Waals surface area contributed by atoms with Gasteiger partial charge in [-0.05, 0) is 87.5 Å². The van der Waals surface area contributed by atoms with Crippen molar-refractivity contribution in [3.8, 4) is 0 Å². The summed E-state index contributed by atoms with van der Waals surface area (Å²) < 4.78 is 24.8. The number of sulfonamides is 1.